The Bertz CT molecular complexity index is 331. The van der Waals surface area contributed by atoms with Crippen molar-refractivity contribution >= 4 is 0 Å². The quantitative estimate of drug-likeness (QED) is 0.779. The van der Waals surface area contributed by atoms with Gasteiger partial charge in [0.15, 0.2) is 0 Å². The summed E-state index contributed by atoms with van der Waals surface area (Å²) in [4.78, 5) is 0. The lowest BCUT2D eigenvalue weighted by Crippen LogP contribution is -2.40. The van der Waals surface area contributed by atoms with Crippen LogP contribution in [0.25, 0.3) is 0 Å². The molecule has 102 valence electrons. The van der Waals surface area contributed by atoms with Gasteiger partial charge in [0.2, 0.25) is 0 Å². The van der Waals surface area contributed by atoms with Crippen LogP contribution in [0.2, 0.25) is 0 Å². The highest BCUT2D eigenvalue weighted by molar-refractivity contribution is 5.21. The first-order chi connectivity index (χ1) is 8.51. The van der Waals surface area contributed by atoms with Gasteiger partial charge in [-0.3, -0.25) is 0 Å². The van der Waals surface area contributed by atoms with E-state index in [0.29, 0.717) is 12.0 Å². The van der Waals surface area contributed by atoms with Crippen molar-refractivity contribution in [1.82, 2.24) is 5.32 Å². The van der Waals surface area contributed by atoms with E-state index < -0.39 is 0 Å². The maximum atomic E-state index is 9.36. The van der Waals surface area contributed by atoms with Gasteiger partial charge in [-0.25, -0.2) is 0 Å². The van der Waals surface area contributed by atoms with Gasteiger partial charge in [0.1, 0.15) is 0 Å². The minimum atomic E-state index is 0.213. The maximum Gasteiger partial charge on any atom is 0.0584 e. The van der Waals surface area contributed by atoms with Crippen LogP contribution in [-0.4, -0.2) is 23.8 Å². The van der Waals surface area contributed by atoms with Crippen LogP contribution in [0.4, 0.5) is 0 Å². The second kappa shape index (κ2) is 7.55. The van der Waals surface area contributed by atoms with Crippen LogP contribution in [0.1, 0.15) is 38.3 Å². The molecule has 0 saturated carbocycles. The Hall–Kier alpha value is -0.860. The highest BCUT2D eigenvalue weighted by atomic mass is 16.3. The number of aliphatic hydroxyl groups is 1. The first-order valence-corrected chi connectivity index (χ1v) is 6.93. The molecule has 1 aromatic carbocycles. The second-order valence-corrected chi connectivity index (χ2v) is 5.77. The van der Waals surface area contributed by atoms with Gasteiger partial charge in [0.25, 0.3) is 0 Å². The average molecular weight is 249 g/mol. The van der Waals surface area contributed by atoms with Gasteiger partial charge in [-0.05, 0) is 38.2 Å². The third-order valence-corrected chi connectivity index (χ3v) is 3.16. The van der Waals surface area contributed by atoms with Crippen LogP contribution in [-0.2, 0) is 6.42 Å². The Kier molecular flexibility index (Phi) is 6.37. The Morgan fingerprint density at radius 2 is 1.72 bits per heavy atom. The van der Waals surface area contributed by atoms with E-state index in [2.05, 4.69) is 57.3 Å². The van der Waals surface area contributed by atoms with Crippen LogP contribution < -0.4 is 5.32 Å². The molecule has 1 aromatic rings. The van der Waals surface area contributed by atoms with Crippen LogP contribution in [0.5, 0.6) is 0 Å². The summed E-state index contributed by atoms with van der Waals surface area (Å²) >= 11 is 0. The molecule has 0 aliphatic rings. The van der Waals surface area contributed by atoms with Crippen LogP contribution in [0, 0.1) is 12.8 Å². The number of hydrogen-bond donors (Lipinski definition) is 2. The van der Waals surface area contributed by atoms with E-state index in [0.717, 1.165) is 12.8 Å². The summed E-state index contributed by atoms with van der Waals surface area (Å²) in [6, 6.07) is 9.28. The molecule has 2 atom stereocenters. The minimum Gasteiger partial charge on any atom is -0.395 e. The summed E-state index contributed by atoms with van der Waals surface area (Å²) in [6.07, 6.45) is 2.03. The molecule has 1 rings (SSSR count). The Morgan fingerprint density at radius 3 is 2.22 bits per heavy atom. The standard InChI is InChI=1S/C16H27NO/c1-12(2)9-16(11-18)17-14(4)10-15-7-5-13(3)6-8-15/h5-8,12,14,16-18H,9-11H2,1-4H3/t14?,16-/m0/s1. The van der Waals surface area contributed by atoms with Crippen molar-refractivity contribution in [2.45, 2.75) is 52.6 Å². The predicted molar refractivity (Wildman–Crippen MR) is 77.8 cm³/mol. The van der Waals surface area contributed by atoms with Crippen LogP contribution >= 0.6 is 0 Å². The zero-order valence-corrected chi connectivity index (χ0v) is 12.1. The van der Waals surface area contributed by atoms with E-state index in [4.69, 9.17) is 0 Å². The molecule has 2 N–H and O–H groups in total. The highest BCUT2D eigenvalue weighted by Crippen LogP contribution is 2.09. The fourth-order valence-electron chi connectivity index (χ4n) is 2.30. The van der Waals surface area contributed by atoms with Crippen molar-refractivity contribution in [1.29, 1.82) is 0 Å². The third-order valence-electron chi connectivity index (χ3n) is 3.16. The Balaban J connectivity index is 2.44. The van der Waals surface area contributed by atoms with E-state index in [-0.39, 0.29) is 12.6 Å². The summed E-state index contributed by atoms with van der Waals surface area (Å²) in [5, 5.41) is 12.9. The van der Waals surface area contributed by atoms with Gasteiger partial charge in [-0.15, -0.1) is 0 Å². The van der Waals surface area contributed by atoms with Crippen molar-refractivity contribution in [3.05, 3.63) is 35.4 Å². The average Bonchev–Trinajstić information content (AvgIpc) is 2.30. The number of aryl methyl sites for hydroxylation is 1. The number of benzene rings is 1. The van der Waals surface area contributed by atoms with Gasteiger partial charge in [-0.2, -0.15) is 0 Å². The van der Waals surface area contributed by atoms with Crippen molar-refractivity contribution in [2.24, 2.45) is 5.92 Å². The Labute approximate surface area is 111 Å². The highest BCUT2D eigenvalue weighted by Gasteiger charge is 2.13. The zero-order chi connectivity index (χ0) is 13.5. The van der Waals surface area contributed by atoms with Crippen LogP contribution in [0.3, 0.4) is 0 Å². The summed E-state index contributed by atoms with van der Waals surface area (Å²) in [5.41, 5.74) is 2.65. The summed E-state index contributed by atoms with van der Waals surface area (Å²) in [5.74, 6) is 0.612. The maximum absolute atomic E-state index is 9.36. The molecular weight excluding hydrogens is 222 g/mol. The van der Waals surface area contributed by atoms with Crippen molar-refractivity contribution in [2.75, 3.05) is 6.61 Å². The Morgan fingerprint density at radius 1 is 1.11 bits per heavy atom. The van der Waals surface area contributed by atoms with E-state index >= 15 is 0 Å². The molecule has 0 spiro atoms. The molecule has 0 heterocycles. The molecule has 0 aromatic heterocycles. The lowest BCUT2D eigenvalue weighted by atomic mass is 10.0. The topological polar surface area (TPSA) is 32.3 Å². The van der Waals surface area contributed by atoms with Gasteiger partial charge >= 0.3 is 0 Å². The smallest absolute Gasteiger partial charge is 0.0584 e. The molecule has 0 radical (unpaired) electrons. The third kappa shape index (κ3) is 5.65. The molecule has 0 fully saturated rings. The SMILES string of the molecule is Cc1ccc(CC(C)N[C@H](CO)CC(C)C)cc1. The molecule has 1 unspecified atom stereocenters. The normalized spacial score (nSPS) is 14.8. The number of hydrogen-bond acceptors (Lipinski definition) is 2. The molecule has 0 saturated heterocycles. The fourth-order valence-corrected chi connectivity index (χ4v) is 2.30. The van der Waals surface area contributed by atoms with Crippen molar-refractivity contribution in [3.8, 4) is 0 Å². The molecule has 0 amide bonds. The summed E-state index contributed by atoms with van der Waals surface area (Å²) in [6.45, 7) is 8.89. The van der Waals surface area contributed by atoms with Crippen LogP contribution in [0.15, 0.2) is 24.3 Å². The predicted octanol–water partition coefficient (Wildman–Crippen LogP) is 2.92. The van der Waals surface area contributed by atoms with E-state index in [1.54, 1.807) is 0 Å². The lowest BCUT2D eigenvalue weighted by molar-refractivity contribution is 0.214. The van der Waals surface area contributed by atoms with E-state index in [1.165, 1.54) is 11.1 Å². The van der Waals surface area contributed by atoms with Gasteiger partial charge < -0.3 is 10.4 Å². The van der Waals surface area contributed by atoms with Gasteiger partial charge in [-0.1, -0.05) is 43.7 Å². The number of rotatable bonds is 7. The lowest BCUT2D eigenvalue weighted by Gasteiger charge is -2.23. The molecule has 18 heavy (non-hydrogen) atoms. The molecule has 2 nitrogen and oxygen atoms in total. The molecule has 0 bridgehead atoms. The molecule has 0 aliphatic carbocycles. The first-order valence-electron chi connectivity index (χ1n) is 6.93. The zero-order valence-electron chi connectivity index (χ0n) is 12.1. The number of nitrogens with one attached hydrogen (secondary N) is 1. The minimum absolute atomic E-state index is 0.213. The number of aliphatic hydroxyl groups excluding tert-OH is 1. The van der Waals surface area contributed by atoms with Gasteiger partial charge in [0, 0.05) is 12.1 Å². The summed E-state index contributed by atoms with van der Waals surface area (Å²) < 4.78 is 0. The van der Waals surface area contributed by atoms with Gasteiger partial charge in [0.05, 0.1) is 6.61 Å². The van der Waals surface area contributed by atoms with Crippen molar-refractivity contribution in [3.63, 3.8) is 0 Å². The summed E-state index contributed by atoms with van der Waals surface area (Å²) in [7, 11) is 0. The second-order valence-electron chi connectivity index (χ2n) is 5.77. The monoisotopic (exact) mass is 249 g/mol. The molecular formula is C16H27NO. The van der Waals surface area contributed by atoms with E-state index in [9.17, 15) is 5.11 Å². The van der Waals surface area contributed by atoms with Crippen molar-refractivity contribution < 1.29 is 5.11 Å². The molecule has 2 heteroatoms. The largest absolute Gasteiger partial charge is 0.395 e. The first kappa shape index (κ1) is 15.2. The molecule has 0 aliphatic heterocycles. The fraction of sp³-hybridized carbons (Fsp3) is 0.625. The van der Waals surface area contributed by atoms with E-state index in [1.807, 2.05) is 0 Å².